The molecule has 0 saturated carbocycles. The summed E-state index contributed by atoms with van der Waals surface area (Å²) in [4.78, 5) is 31.1. The minimum atomic E-state index is -3.36. The molecule has 0 radical (unpaired) electrons. The molecule has 0 aliphatic carbocycles. The molecule has 2 aromatic rings. The quantitative estimate of drug-likeness (QED) is 0.286. The summed E-state index contributed by atoms with van der Waals surface area (Å²) in [5.74, 6) is -0.824. The molecule has 3 aliphatic heterocycles. The molecule has 2 saturated heterocycles. The Balaban J connectivity index is 1.58. The van der Waals surface area contributed by atoms with Crippen molar-refractivity contribution < 1.29 is 23.5 Å². The van der Waals surface area contributed by atoms with E-state index >= 15 is 4.11 Å². The molecule has 36 heavy (non-hydrogen) atoms. The molecule has 9 heteroatoms. The van der Waals surface area contributed by atoms with Gasteiger partial charge in [0.15, 0.2) is 5.60 Å². The molecule has 2 amide bonds. The third-order valence-electron chi connectivity index (χ3n) is 8.13. The van der Waals surface area contributed by atoms with Gasteiger partial charge in [-0.3, -0.25) is 14.5 Å². The summed E-state index contributed by atoms with van der Waals surface area (Å²) in [6.07, 6.45) is 0.888. The van der Waals surface area contributed by atoms with Crippen molar-refractivity contribution in [1.82, 2.24) is 4.90 Å². The van der Waals surface area contributed by atoms with E-state index in [2.05, 4.69) is 22.6 Å². The second-order valence-corrected chi connectivity index (χ2v) is 15.7. The van der Waals surface area contributed by atoms with E-state index in [9.17, 15) is 14.7 Å². The normalized spacial score (nSPS) is 29.9. The third-order valence-corrected chi connectivity index (χ3v) is 11.3. The largest absolute Gasteiger partial charge is 0.394 e. The predicted molar refractivity (Wildman–Crippen MR) is 147 cm³/mol. The van der Waals surface area contributed by atoms with Crippen molar-refractivity contribution in [2.24, 2.45) is 5.92 Å². The number of benzene rings is 2. The molecule has 6 nitrogen and oxygen atoms in total. The van der Waals surface area contributed by atoms with Crippen molar-refractivity contribution >= 4 is 54.2 Å². The standard InChI is InChI=1S/C27H32FIN2O4Si/c1-17-25(36(2,3)28)23(15-24(33)30-13-7-10-20(30)16-32)35-27(17)21-14-18(29)11-12-22(21)31(26(27)34)19-8-5-4-6-9-19/h4-6,8-9,11-12,14,17,20,23,25,32H,7,10,13,15-16H2,1-3H3/t17-,20+,23+,25-,27+/m1/s1. The molecule has 0 aromatic heterocycles. The molecular weight excluding hydrogens is 590 g/mol. The first-order valence-electron chi connectivity index (χ1n) is 12.6. The highest BCUT2D eigenvalue weighted by Crippen LogP contribution is 2.61. The highest BCUT2D eigenvalue weighted by molar-refractivity contribution is 14.1. The fraction of sp³-hybridized carbons (Fsp3) is 0.481. The maximum atomic E-state index is 16.0. The van der Waals surface area contributed by atoms with Crippen LogP contribution in [0, 0.1) is 9.49 Å². The molecule has 1 spiro atoms. The van der Waals surface area contributed by atoms with Crippen molar-refractivity contribution in [2.45, 2.75) is 62.6 Å². The number of fused-ring (bicyclic) bond motifs is 2. The summed E-state index contributed by atoms with van der Waals surface area (Å²) in [6, 6.07) is 15.1. The minimum absolute atomic E-state index is 0.00544. The van der Waals surface area contributed by atoms with Gasteiger partial charge in [-0.25, -0.2) is 0 Å². The van der Waals surface area contributed by atoms with E-state index in [-0.39, 0.29) is 30.9 Å². The lowest BCUT2D eigenvalue weighted by Gasteiger charge is -2.31. The monoisotopic (exact) mass is 622 g/mol. The topological polar surface area (TPSA) is 70.1 Å². The van der Waals surface area contributed by atoms with Gasteiger partial charge >= 0.3 is 0 Å². The van der Waals surface area contributed by atoms with Crippen LogP contribution in [0.4, 0.5) is 15.5 Å². The van der Waals surface area contributed by atoms with E-state index in [1.165, 1.54) is 0 Å². The van der Waals surface area contributed by atoms with Crippen LogP contribution < -0.4 is 4.90 Å². The number of carbonyl (C=O) groups excluding carboxylic acids is 2. The SMILES string of the molecule is C[C@@H]1[C@@H]([Si](C)(C)F)[C@H](CC(=O)N2CCC[C@H]2CO)O[C@@]12C(=O)N(c1ccccc1)c1ccc(I)cc12. The average molecular weight is 623 g/mol. The van der Waals surface area contributed by atoms with Crippen LogP contribution in [-0.4, -0.2) is 55.5 Å². The Morgan fingerprint density at radius 2 is 1.97 bits per heavy atom. The lowest BCUT2D eigenvalue weighted by molar-refractivity contribution is -0.149. The number of aliphatic hydroxyl groups is 1. The van der Waals surface area contributed by atoms with Gasteiger partial charge in [0.2, 0.25) is 14.3 Å². The molecule has 3 heterocycles. The summed E-state index contributed by atoms with van der Waals surface area (Å²) in [6.45, 7) is 5.70. The Hall–Kier alpha value is -1.82. The fourth-order valence-electron chi connectivity index (χ4n) is 6.62. The van der Waals surface area contributed by atoms with Crippen LogP contribution in [0.3, 0.4) is 0 Å². The summed E-state index contributed by atoms with van der Waals surface area (Å²) >= 11 is 2.22. The van der Waals surface area contributed by atoms with Crippen molar-refractivity contribution in [1.29, 1.82) is 0 Å². The van der Waals surface area contributed by atoms with Gasteiger partial charge in [-0.15, -0.1) is 0 Å². The van der Waals surface area contributed by atoms with E-state index in [1.807, 2.05) is 55.5 Å². The maximum Gasteiger partial charge on any atom is 0.268 e. The predicted octanol–water partition coefficient (Wildman–Crippen LogP) is 5.12. The summed E-state index contributed by atoms with van der Waals surface area (Å²) in [5.41, 5.74) is 0.306. The lowest BCUT2D eigenvalue weighted by atomic mass is 9.82. The average Bonchev–Trinajstić information content (AvgIpc) is 3.49. The van der Waals surface area contributed by atoms with Crippen LogP contribution in [0.25, 0.3) is 0 Å². The number of para-hydroxylation sites is 1. The Morgan fingerprint density at radius 1 is 1.25 bits per heavy atom. The Labute approximate surface area is 226 Å². The highest BCUT2D eigenvalue weighted by Gasteiger charge is 2.67. The number of nitrogens with zero attached hydrogens (tertiary/aromatic N) is 2. The third kappa shape index (κ3) is 4.02. The Kier molecular flexibility index (Phi) is 6.80. The summed E-state index contributed by atoms with van der Waals surface area (Å²) < 4.78 is 23.6. The lowest BCUT2D eigenvalue weighted by Crippen LogP contribution is -2.44. The molecule has 0 bridgehead atoms. The van der Waals surface area contributed by atoms with Crippen LogP contribution in [-0.2, 0) is 19.9 Å². The molecule has 2 fully saturated rings. The van der Waals surface area contributed by atoms with Gasteiger partial charge in [0, 0.05) is 32.8 Å². The van der Waals surface area contributed by atoms with E-state index in [4.69, 9.17) is 4.74 Å². The van der Waals surface area contributed by atoms with Crippen LogP contribution in [0.15, 0.2) is 48.5 Å². The number of carbonyl (C=O) groups is 2. The van der Waals surface area contributed by atoms with Crippen molar-refractivity contribution in [3.8, 4) is 0 Å². The Morgan fingerprint density at radius 3 is 2.64 bits per heavy atom. The number of rotatable bonds is 5. The Bertz CT molecular complexity index is 1180. The van der Waals surface area contributed by atoms with Gasteiger partial charge in [0.05, 0.1) is 30.9 Å². The second kappa shape index (κ2) is 9.49. The van der Waals surface area contributed by atoms with Gasteiger partial charge < -0.3 is 18.9 Å². The van der Waals surface area contributed by atoms with Crippen LogP contribution >= 0.6 is 22.6 Å². The van der Waals surface area contributed by atoms with Gasteiger partial charge in [-0.05, 0) is 78.9 Å². The van der Waals surface area contributed by atoms with Gasteiger partial charge in [0.1, 0.15) is 0 Å². The number of likely N-dealkylation sites (tertiary alicyclic amines) is 1. The van der Waals surface area contributed by atoms with Gasteiger partial charge in [-0.1, -0.05) is 25.1 Å². The van der Waals surface area contributed by atoms with Crippen LogP contribution in [0.2, 0.25) is 18.6 Å². The molecular formula is C27H32FIN2O4Si. The molecule has 1 N–H and O–H groups in total. The molecule has 2 aromatic carbocycles. The van der Waals surface area contributed by atoms with E-state index in [0.717, 1.165) is 33.4 Å². The molecule has 0 unspecified atom stereocenters. The van der Waals surface area contributed by atoms with Crippen LogP contribution in [0.5, 0.6) is 0 Å². The number of ether oxygens (including phenoxy) is 1. The molecule has 3 aliphatic rings. The number of hydrogen-bond donors (Lipinski definition) is 1. The van der Waals surface area contributed by atoms with E-state index < -0.39 is 31.6 Å². The van der Waals surface area contributed by atoms with Crippen LogP contribution in [0.1, 0.15) is 31.7 Å². The maximum absolute atomic E-state index is 16.0. The minimum Gasteiger partial charge on any atom is -0.394 e. The smallest absolute Gasteiger partial charge is 0.268 e. The van der Waals surface area contributed by atoms with Gasteiger partial charge in [-0.2, -0.15) is 0 Å². The molecule has 5 atom stereocenters. The summed E-state index contributed by atoms with van der Waals surface area (Å²) in [7, 11) is -3.36. The number of aliphatic hydroxyl groups excluding tert-OH is 1. The van der Waals surface area contributed by atoms with Crippen molar-refractivity contribution in [3.63, 3.8) is 0 Å². The van der Waals surface area contributed by atoms with Gasteiger partial charge in [0.25, 0.3) is 5.91 Å². The first kappa shape index (κ1) is 25.8. The van der Waals surface area contributed by atoms with E-state index in [1.54, 1.807) is 22.9 Å². The zero-order valence-electron chi connectivity index (χ0n) is 20.8. The zero-order valence-corrected chi connectivity index (χ0v) is 23.9. The van der Waals surface area contributed by atoms with E-state index in [0.29, 0.717) is 6.54 Å². The number of hydrogen-bond acceptors (Lipinski definition) is 4. The molecule has 192 valence electrons. The second-order valence-electron chi connectivity index (χ2n) is 10.7. The molecule has 5 rings (SSSR count). The number of halogens is 2. The highest BCUT2D eigenvalue weighted by atomic mass is 127. The summed E-state index contributed by atoms with van der Waals surface area (Å²) in [5, 5.41) is 9.72. The number of amides is 2. The number of anilines is 2. The fourth-order valence-corrected chi connectivity index (χ4v) is 9.61. The van der Waals surface area contributed by atoms with Crippen molar-refractivity contribution in [3.05, 3.63) is 57.7 Å². The first-order valence-corrected chi connectivity index (χ1v) is 16.6. The first-order chi connectivity index (χ1) is 17.1. The zero-order chi connectivity index (χ0) is 25.8. The van der Waals surface area contributed by atoms with Crippen molar-refractivity contribution in [2.75, 3.05) is 18.1 Å².